The summed E-state index contributed by atoms with van der Waals surface area (Å²) in [6, 6.07) is 41.7. The standard InChI is InChI=1S/C35H24O2.C2H6/c1-37-35-29(20-19-25-17-15-24-12-6-8-14-28(24)32(25)35)33-30(22-9-3-2-4-10-22)21-26-18-16-23-11-5-7-13-27(23)31(26)34(33)36;1-2/h2-21,36H,1H3;1-2H3. The molecular weight excluding hydrogens is 476 g/mol. The first-order valence-electron chi connectivity index (χ1n) is 13.5. The molecule has 0 unspecified atom stereocenters. The molecule has 7 aromatic carbocycles. The molecule has 0 heterocycles. The lowest BCUT2D eigenvalue weighted by molar-refractivity contribution is 0.421. The van der Waals surface area contributed by atoms with Crippen LogP contribution in [-0.4, -0.2) is 12.2 Å². The number of ether oxygens (including phenoxy) is 1. The third kappa shape index (κ3) is 3.97. The maximum absolute atomic E-state index is 12.1. The molecule has 190 valence electrons. The number of benzene rings is 7. The Balaban J connectivity index is 0.00000135. The van der Waals surface area contributed by atoms with E-state index in [1.54, 1.807) is 7.11 Å². The second kappa shape index (κ2) is 10.2. The molecule has 0 fully saturated rings. The van der Waals surface area contributed by atoms with Crippen molar-refractivity contribution in [3.8, 4) is 33.8 Å². The molecule has 39 heavy (non-hydrogen) atoms. The van der Waals surface area contributed by atoms with Gasteiger partial charge in [-0.15, -0.1) is 0 Å². The smallest absolute Gasteiger partial charge is 0.135 e. The van der Waals surface area contributed by atoms with Gasteiger partial charge in [-0.25, -0.2) is 0 Å². The minimum atomic E-state index is 0.269. The predicted octanol–water partition coefficient (Wildman–Crippen LogP) is 10.4. The SMILES string of the molecule is CC.COc1c(-c2c(-c3ccccc3)cc3ccc4ccccc4c3c2O)ccc2ccc3ccccc3c12. The maximum Gasteiger partial charge on any atom is 0.135 e. The second-order valence-electron chi connectivity index (χ2n) is 9.43. The third-order valence-electron chi connectivity index (χ3n) is 7.42. The van der Waals surface area contributed by atoms with Gasteiger partial charge in [-0.3, -0.25) is 0 Å². The van der Waals surface area contributed by atoms with Crippen LogP contribution in [0.1, 0.15) is 13.8 Å². The number of phenols is 1. The molecule has 0 saturated carbocycles. The van der Waals surface area contributed by atoms with Crippen molar-refractivity contribution in [2.75, 3.05) is 7.11 Å². The summed E-state index contributed by atoms with van der Waals surface area (Å²) in [5.41, 5.74) is 3.67. The van der Waals surface area contributed by atoms with E-state index in [1.165, 1.54) is 0 Å². The van der Waals surface area contributed by atoms with E-state index < -0.39 is 0 Å². The minimum absolute atomic E-state index is 0.269. The van der Waals surface area contributed by atoms with Gasteiger partial charge in [-0.2, -0.15) is 0 Å². The fourth-order valence-corrected chi connectivity index (χ4v) is 5.74. The van der Waals surface area contributed by atoms with Gasteiger partial charge >= 0.3 is 0 Å². The van der Waals surface area contributed by atoms with E-state index in [4.69, 9.17) is 4.74 Å². The third-order valence-corrected chi connectivity index (χ3v) is 7.42. The monoisotopic (exact) mass is 506 g/mol. The van der Waals surface area contributed by atoms with Gasteiger partial charge in [0.25, 0.3) is 0 Å². The Morgan fingerprint density at radius 3 is 1.72 bits per heavy atom. The van der Waals surface area contributed by atoms with Crippen molar-refractivity contribution in [3.05, 3.63) is 121 Å². The zero-order valence-electron chi connectivity index (χ0n) is 22.4. The molecule has 0 amide bonds. The molecule has 7 rings (SSSR count). The number of hydrogen-bond donors (Lipinski definition) is 1. The molecule has 2 heteroatoms. The van der Waals surface area contributed by atoms with Gasteiger partial charge in [-0.1, -0.05) is 123 Å². The van der Waals surface area contributed by atoms with Gasteiger partial charge < -0.3 is 9.84 Å². The summed E-state index contributed by atoms with van der Waals surface area (Å²) in [5, 5.41) is 20.5. The molecule has 0 radical (unpaired) electrons. The molecule has 0 saturated heterocycles. The van der Waals surface area contributed by atoms with E-state index in [1.807, 2.05) is 44.2 Å². The van der Waals surface area contributed by atoms with E-state index in [9.17, 15) is 5.11 Å². The van der Waals surface area contributed by atoms with E-state index in [0.717, 1.165) is 71.1 Å². The summed E-state index contributed by atoms with van der Waals surface area (Å²) in [6.45, 7) is 4.00. The molecule has 1 N–H and O–H groups in total. The van der Waals surface area contributed by atoms with Crippen LogP contribution in [0.3, 0.4) is 0 Å². The average Bonchev–Trinajstić information content (AvgIpc) is 3.01. The number of rotatable bonds is 3. The molecule has 7 aromatic rings. The summed E-state index contributed by atoms with van der Waals surface area (Å²) >= 11 is 0. The first kappa shape index (κ1) is 24.5. The number of aromatic hydroxyl groups is 1. The van der Waals surface area contributed by atoms with Crippen molar-refractivity contribution >= 4 is 43.1 Å². The highest BCUT2D eigenvalue weighted by molar-refractivity contribution is 6.18. The summed E-state index contributed by atoms with van der Waals surface area (Å²) in [5.74, 6) is 1.03. The van der Waals surface area contributed by atoms with Crippen molar-refractivity contribution in [3.63, 3.8) is 0 Å². The Bertz CT molecular complexity index is 1970. The van der Waals surface area contributed by atoms with Gasteiger partial charge in [0, 0.05) is 21.9 Å². The first-order chi connectivity index (χ1) is 19.2. The first-order valence-corrected chi connectivity index (χ1v) is 13.5. The molecule has 0 spiro atoms. The van der Waals surface area contributed by atoms with Crippen molar-refractivity contribution in [1.29, 1.82) is 0 Å². The normalized spacial score (nSPS) is 11.1. The van der Waals surface area contributed by atoms with Crippen molar-refractivity contribution in [2.45, 2.75) is 13.8 Å². The number of hydrogen-bond acceptors (Lipinski definition) is 2. The van der Waals surface area contributed by atoms with E-state index in [0.29, 0.717) is 0 Å². The van der Waals surface area contributed by atoms with E-state index >= 15 is 0 Å². The highest BCUT2D eigenvalue weighted by Crippen LogP contribution is 2.50. The van der Waals surface area contributed by atoms with Gasteiger partial charge in [0.15, 0.2) is 0 Å². The molecule has 0 aliphatic carbocycles. The Kier molecular flexibility index (Phi) is 6.38. The number of phenolic OH excluding ortho intramolecular Hbond substituents is 1. The van der Waals surface area contributed by atoms with Crippen LogP contribution in [0.5, 0.6) is 11.5 Å². The van der Waals surface area contributed by atoms with Crippen LogP contribution in [0.2, 0.25) is 0 Å². The molecule has 0 atom stereocenters. The van der Waals surface area contributed by atoms with Gasteiger partial charge in [0.05, 0.1) is 7.11 Å². The van der Waals surface area contributed by atoms with Crippen LogP contribution in [-0.2, 0) is 0 Å². The van der Waals surface area contributed by atoms with Crippen LogP contribution in [0.25, 0.3) is 65.3 Å². The van der Waals surface area contributed by atoms with Crippen LogP contribution < -0.4 is 4.74 Å². The predicted molar refractivity (Wildman–Crippen MR) is 167 cm³/mol. The largest absolute Gasteiger partial charge is 0.507 e. The molecule has 0 aromatic heterocycles. The van der Waals surface area contributed by atoms with E-state index in [2.05, 4.69) is 91.0 Å². The number of fused-ring (bicyclic) bond motifs is 6. The van der Waals surface area contributed by atoms with E-state index in [-0.39, 0.29) is 5.75 Å². The highest BCUT2D eigenvalue weighted by Gasteiger charge is 2.22. The zero-order chi connectivity index (χ0) is 26.9. The summed E-state index contributed by atoms with van der Waals surface area (Å²) in [4.78, 5) is 0. The van der Waals surface area contributed by atoms with Gasteiger partial charge in [0.1, 0.15) is 11.5 Å². The quantitative estimate of drug-likeness (QED) is 0.242. The second-order valence-corrected chi connectivity index (χ2v) is 9.43. The number of methoxy groups -OCH3 is 1. The van der Waals surface area contributed by atoms with Crippen LogP contribution >= 0.6 is 0 Å². The Hall–Kier alpha value is -4.82. The fraction of sp³-hybridized carbons (Fsp3) is 0.0811. The van der Waals surface area contributed by atoms with Crippen molar-refractivity contribution < 1.29 is 9.84 Å². The Morgan fingerprint density at radius 1 is 0.513 bits per heavy atom. The summed E-state index contributed by atoms with van der Waals surface area (Å²) < 4.78 is 6.16. The molecule has 2 nitrogen and oxygen atoms in total. The van der Waals surface area contributed by atoms with Crippen LogP contribution in [0.15, 0.2) is 121 Å². The molecular formula is C37H30O2. The van der Waals surface area contributed by atoms with Crippen molar-refractivity contribution in [2.24, 2.45) is 0 Å². The Labute approximate surface area is 228 Å². The summed E-state index contributed by atoms with van der Waals surface area (Å²) in [7, 11) is 1.72. The zero-order valence-corrected chi connectivity index (χ0v) is 22.4. The molecule has 0 aliphatic heterocycles. The van der Waals surface area contributed by atoms with Gasteiger partial charge in [0.2, 0.25) is 0 Å². The minimum Gasteiger partial charge on any atom is -0.507 e. The maximum atomic E-state index is 12.1. The summed E-state index contributed by atoms with van der Waals surface area (Å²) in [6.07, 6.45) is 0. The lowest BCUT2D eigenvalue weighted by atomic mass is 9.87. The fourth-order valence-electron chi connectivity index (χ4n) is 5.74. The molecule has 0 aliphatic rings. The topological polar surface area (TPSA) is 29.5 Å². The van der Waals surface area contributed by atoms with Crippen molar-refractivity contribution in [1.82, 2.24) is 0 Å². The molecule has 0 bridgehead atoms. The van der Waals surface area contributed by atoms with Gasteiger partial charge in [-0.05, 0) is 55.6 Å². The average molecular weight is 507 g/mol. The highest BCUT2D eigenvalue weighted by atomic mass is 16.5. The lowest BCUT2D eigenvalue weighted by Gasteiger charge is -2.20. The van der Waals surface area contributed by atoms with Crippen LogP contribution in [0.4, 0.5) is 0 Å². The van der Waals surface area contributed by atoms with Crippen LogP contribution in [0, 0.1) is 0 Å². The lowest BCUT2D eigenvalue weighted by Crippen LogP contribution is -1.95. The Morgan fingerprint density at radius 2 is 1.05 bits per heavy atom.